The summed E-state index contributed by atoms with van der Waals surface area (Å²) in [5.41, 5.74) is 3.26. The van der Waals surface area contributed by atoms with E-state index in [1.54, 1.807) is 6.92 Å². The van der Waals surface area contributed by atoms with Gasteiger partial charge < -0.3 is 10.3 Å². The Bertz CT molecular complexity index is 373. The number of hydrogen-bond donors (Lipinski definition) is 2. The van der Waals surface area contributed by atoms with E-state index in [4.69, 9.17) is 5.11 Å². The summed E-state index contributed by atoms with van der Waals surface area (Å²) in [6.45, 7) is 1.92. The molecule has 6 nitrogen and oxygen atoms in total. The zero-order valence-electron chi connectivity index (χ0n) is 8.17. The van der Waals surface area contributed by atoms with Crippen molar-refractivity contribution in [1.29, 1.82) is 0 Å². The third-order valence-corrected chi connectivity index (χ3v) is 1.69. The Balaban J connectivity index is 2.69. The maximum absolute atomic E-state index is 10.8. The number of aromatic carboxylic acids is 1. The standard InChI is InChI=1S/C9H11N3O3/c1-2-12(15)11-10-8-5-3-7(4-6-8)9(13)14/h3-6,10H,2H2,1H3,(H,13,14). The maximum atomic E-state index is 10.8. The topological polar surface area (TPSA) is 87.8 Å². The fourth-order valence-electron chi connectivity index (χ4n) is 0.872. The van der Waals surface area contributed by atoms with Crippen LogP contribution in [0.1, 0.15) is 17.3 Å². The smallest absolute Gasteiger partial charge is 0.335 e. The van der Waals surface area contributed by atoms with E-state index in [0.717, 1.165) is 0 Å². The van der Waals surface area contributed by atoms with E-state index < -0.39 is 5.97 Å². The molecule has 0 fully saturated rings. The number of carboxylic acids is 1. The van der Waals surface area contributed by atoms with Crippen LogP contribution in [-0.4, -0.2) is 22.5 Å². The Morgan fingerprint density at radius 3 is 2.60 bits per heavy atom. The molecule has 0 atom stereocenters. The third kappa shape index (κ3) is 3.26. The van der Waals surface area contributed by atoms with Crippen LogP contribution in [0.15, 0.2) is 29.5 Å². The third-order valence-electron chi connectivity index (χ3n) is 1.69. The van der Waals surface area contributed by atoms with Crippen molar-refractivity contribution >= 4 is 11.7 Å². The van der Waals surface area contributed by atoms with Crippen molar-refractivity contribution in [3.63, 3.8) is 0 Å². The van der Waals surface area contributed by atoms with Crippen LogP contribution < -0.4 is 5.43 Å². The number of carbonyl (C=O) groups is 1. The molecule has 0 bridgehead atoms. The number of hydroxylamine groups is 1. The van der Waals surface area contributed by atoms with Crippen molar-refractivity contribution in [2.45, 2.75) is 6.92 Å². The number of nitrogens with one attached hydrogen (secondary N) is 1. The van der Waals surface area contributed by atoms with Crippen LogP contribution in [0.5, 0.6) is 0 Å². The Kier molecular flexibility index (Phi) is 3.61. The molecule has 0 saturated carbocycles. The number of anilines is 1. The first-order chi connectivity index (χ1) is 7.13. The van der Waals surface area contributed by atoms with E-state index in [1.807, 2.05) is 0 Å². The largest absolute Gasteiger partial charge is 0.696 e. The molecule has 6 heteroatoms. The van der Waals surface area contributed by atoms with Gasteiger partial charge >= 0.3 is 5.97 Å². The molecule has 0 aliphatic rings. The second kappa shape index (κ2) is 4.94. The van der Waals surface area contributed by atoms with E-state index in [2.05, 4.69) is 10.6 Å². The number of nitrogens with zero attached hydrogens (tertiary/aromatic N) is 2. The molecule has 0 aliphatic heterocycles. The van der Waals surface area contributed by atoms with Gasteiger partial charge in [0.25, 0.3) is 0 Å². The molecule has 1 rings (SSSR count). The molecule has 1 aromatic carbocycles. The number of rotatable bonds is 4. The van der Waals surface area contributed by atoms with Crippen LogP contribution in [0.2, 0.25) is 0 Å². The molecule has 2 N–H and O–H groups in total. The van der Waals surface area contributed by atoms with Gasteiger partial charge in [0.15, 0.2) is 0 Å². The summed E-state index contributed by atoms with van der Waals surface area (Å²) in [5, 5.41) is 22.9. The number of hydrogen-bond acceptors (Lipinski definition) is 3. The molecule has 15 heavy (non-hydrogen) atoms. The summed E-state index contributed by atoms with van der Waals surface area (Å²) in [4.78, 5) is 11.0. The molecule has 80 valence electrons. The molecule has 0 heterocycles. The van der Waals surface area contributed by atoms with Crippen LogP contribution in [0.25, 0.3) is 0 Å². The first kappa shape index (κ1) is 11.0. The lowest BCUT2D eigenvalue weighted by atomic mass is 10.2. The zero-order valence-corrected chi connectivity index (χ0v) is 8.17. The minimum atomic E-state index is -0.988. The second-order valence-corrected chi connectivity index (χ2v) is 2.76. The minimum absolute atomic E-state index is 0.190. The average molecular weight is 209 g/mol. The second-order valence-electron chi connectivity index (χ2n) is 2.76. The highest BCUT2D eigenvalue weighted by atomic mass is 16.5. The monoisotopic (exact) mass is 209 g/mol. The molecule has 0 amide bonds. The van der Waals surface area contributed by atoms with Crippen LogP contribution in [0.3, 0.4) is 0 Å². The molecule has 0 aliphatic carbocycles. The molecule has 0 saturated heterocycles. The average Bonchev–Trinajstić information content (AvgIpc) is 2.26. The summed E-state index contributed by atoms with van der Waals surface area (Å²) in [6.07, 6.45) is 0. The normalized spacial score (nSPS) is 11.1. The Morgan fingerprint density at radius 2 is 2.13 bits per heavy atom. The van der Waals surface area contributed by atoms with Crippen LogP contribution >= 0.6 is 0 Å². The minimum Gasteiger partial charge on any atom is -0.696 e. The highest BCUT2D eigenvalue weighted by Crippen LogP contribution is 2.09. The SMILES string of the molecule is CC[N+]([O-])=NNc1ccc(C(=O)O)cc1. The van der Waals surface area contributed by atoms with Gasteiger partial charge in [0, 0.05) is 0 Å². The molecule has 1 aromatic rings. The van der Waals surface area contributed by atoms with Crippen molar-refractivity contribution in [2.24, 2.45) is 5.22 Å². The number of benzene rings is 1. The summed E-state index contributed by atoms with van der Waals surface area (Å²) in [6, 6.07) is 5.94. The lowest BCUT2D eigenvalue weighted by molar-refractivity contribution is -0.524. The summed E-state index contributed by atoms with van der Waals surface area (Å²) in [7, 11) is 0. The van der Waals surface area contributed by atoms with Crippen molar-refractivity contribution in [3.05, 3.63) is 35.0 Å². The fraction of sp³-hybridized carbons (Fsp3) is 0.222. The molecule has 0 aromatic heterocycles. The van der Waals surface area contributed by atoms with E-state index in [1.165, 1.54) is 24.3 Å². The van der Waals surface area contributed by atoms with Crippen molar-refractivity contribution in [1.82, 2.24) is 0 Å². The number of carboxylic acid groups (broad SMARTS) is 1. The highest BCUT2D eigenvalue weighted by Gasteiger charge is 2.02. The maximum Gasteiger partial charge on any atom is 0.335 e. The Hall–Kier alpha value is -2.11. The predicted molar refractivity (Wildman–Crippen MR) is 53.6 cm³/mol. The van der Waals surface area contributed by atoms with Gasteiger partial charge in [-0.25, -0.2) is 4.79 Å². The zero-order chi connectivity index (χ0) is 11.3. The van der Waals surface area contributed by atoms with E-state index in [9.17, 15) is 10.0 Å². The first-order valence-corrected chi connectivity index (χ1v) is 4.38. The quantitative estimate of drug-likeness (QED) is 0.448. The van der Waals surface area contributed by atoms with E-state index in [0.29, 0.717) is 10.5 Å². The fourth-order valence-corrected chi connectivity index (χ4v) is 0.872. The van der Waals surface area contributed by atoms with Crippen LogP contribution in [-0.2, 0) is 0 Å². The van der Waals surface area contributed by atoms with Gasteiger partial charge in [0.2, 0.25) is 0 Å². The van der Waals surface area contributed by atoms with E-state index >= 15 is 0 Å². The summed E-state index contributed by atoms with van der Waals surface area (Å²) < 4.78 is 0. The van der Waals surface area contributed by atoms with Gasteiger partial charge in [0.05, 0.1) is 10.8 Å². The van der Waals surface area contributed by atoms with Gasteiger partial charge in [-0.15, -0.1) is 5.43 Å². The first-order valence-electron chi connectivity index (χ1n) is 4.38. The Morgan fingerprint density at radius 1 is 1.53 bits per heavy atom. The van der Waals surface area contributed by atoms with Gasteiger partial charge in [-0.2, -0.15) is 4.86 Å². The summed E-state index contributed by atoms with van der Waals surface area (Å²) >= 11 is 0. The lowest BCUT2D eigenvalue weighted by Gasteiger charge is -2.01. The van der Waals surface area contributed by atoms with Gasteiger partial charge in [-0.05, 0) is 31.2 Å². The van der Waals surface area contributed by atoms with Crippen molar-refractivity contribution in [3.8, 4) is 0 Å². The van der Waals surface area contributed by atoms with Gasteiger partial charge in [-0.3, -0.25) is 0 Å². The van der Waals surface area contributed by atoms with E-state index in [-0.39, 0.29) is 12.1 Å². The Labute approximate surface area is 86.4 Å². The summed E-state index contributed by atoms with van der Waals surface area (Å²) in [5.74, 6) is -0.988. The molecule has 0 radical (unpaired) electrons. The molecule has 0 spiro atoms. The molecular formula is C9H11N3O3. The predicted octanol–water partition coefficient (Wildman–Crippen LogP) is 1.69. The van der Waals surface area contributed by atoms with Crippen LogP contribution in [0.4, 0.5) is 5.69 Å². The molecule has 0 unspecified atom stereocenters. The van der Waals surface area contributed by atoms with Crippen molar-refractivity contribution in [2.75, 3.05) is 12.0 Å². The van der Waals surface area contributed by atoms with Crippen molar-refractivity contribution < 1.29 is 14.8 Å². The lowest BCUT2D eigenvalue weighted by Crippen LogP contribution is -2.02. The molecular weight excluding hydrogens is 198 g/mol. The highest BCUT2D eigenvalue weighted by molar-refractivity contribution is 5.87. The van der Waals surface area contributed by atoms with Gasteiger partial charge in [0.1, 0.15) is 12.2 Å². The van der Waals surface area contributed by atoms with Crippen LogP contribution in [0, 0.1) is 5.21 Å². The van der Waals surface area contributed by atoms with Gasteiger partial charge in [-0.1, -0.05) is 0 Å².